The van der Waals surface area contributed by atoms with Crippen LogP contribution in [0.4, 0.5) is 11.4 Å². The number of hydrogen-bond acceptors (Lipinski definition) is 8. The normalized spacial score (nSPS) is 11.0. The topological polar surface area (TPSA) is 116 Å². The maximum absolute atomic E-state index is 13.2. The van der Waals surface area contributed by atoms with Crippen LogP contribution in [0.15, 0.2) is 70.6 Å². The van der Waals surface area contributed by atoms with Crippen molar-refractivity contribution in [2.24, 2.45) is 0 Å². The second-order valence-corrected chi connectivity index (χ2v) is 9.12. The number of aromatic nitrogens is 2. The third-order valence-corrected chi connectivity index (χ3v) is 6.96. The van der Waals surface area contributed by atoms with Gasteiger partial charge in [-0.1, -0.05) is 54.2 Å². The monoisotopic (exact) mass is 496 g/mol. The summed E-state index contributed by atoms with van der Waals surface area (Å²) in [7, 11) is 1.54. The minimum absolute atomic E-state index is 0.0755. The first-order chi connectivity index (χ1) is 16.5. The van der Waals surface area contributed by atoms with E-state index in [1.165, 1.54) is 34.1 Å². The second kappa shape index (κ2) is 10.6. The van der Waals surface area contributed by atoms with Gasteiger partial charge in [-0.2, -0.15) is 0 Å². The maximum Gasteiger partial charge on any atom is 0.292 e. The predicted molar refractivity (Wildman–Crippen MR) is 134 cm³/mol. The first kappa shape index (κ1) is 23.6. The summed E-state index contributed by atoms with van der Waals surface area (Å²) in [4.78, 5) is 42.6. The number of hydrogen-bond donors (Lipinski definition) is 1. The quantitative estimate of drug-likeness (QED) is 0.158. The SMILES string of the molecule is COCCn1c(SCC(=O)Nc2ccccc2[N+](=O)[O-])nc2sc(-c3ccccc3)cc2c1=O. The van der Waals surface area contributed by atoms with Crippen LogP contribution >= 0.6 is 23.1 Å². The second-order valence-electron chi connectivity index (χ2n) is 7.15. The largest absolute Gasteiger partial charge is 0.383 e. The number of amides is 1. The molecule has 11 heteroatoms. The van der Waals surface area contributed by atoms with Crippen molar-refractivity contribution in [3.8, 4) is 10.4 Å². The summed E-state index contributed by atoms with van der Waals surface area (Å²) in [6.07, 6.45) is 0. The van der Waals surface area contributed by atoms with Gasteiger partial charge in [-0.15, -0.1) is 11.3 Å². The number of nitrogens with zero attached hydrogens (tertiary/aromatic N) is 3. The van der Waals surface area contributed by atoms with Crippen LogP contribution in [0.1, 0.15) is 0 Å². The molecule has 0 bridgehead atoms. The molecule has 34 heavy (non-hydrogen) atoms. The fourth-order valence-corrected chi connectivity index (χ4v) is 5.19. The van der Waals surface area contributed by atoms with E-state index in [1.54, 1.807) is 13.2 Å². The maximum atomic E-state index is 13.2. The first-order valence-corrected chi connectivity index (χ1v) is 12.0. The molecule has 0 saturated carbocycles. The Morgan fingerprint density at radius 1 is 1.21 bits per heavy atom. The number of rotatable bonds is 9. The molecular formula is C23H20N4O5S2. The molecule has 0 radical (unpaired) electrons. The summed E-state index contributed by atoms with van der Waals surface area (Å²) < 4.78 is 6.64. The molecule has 1 N–H and O–H groups in total. The Kier molecular flexibility index (Phi) is 7.36. The number of carbonyl (C=O) groups excluding carboxylic acids is 1. The lowest BCUT2D eigenvalue weighted by molar-refractivity contribution is -0.383. The lowest BCUT2D eigenvalue weighted by Gasteiger charge is -2.11. The van der Waals surface area contributed by atoms with Gasteiger partial charge in [0.1, 0.15) is 10.5 Å². The Hall–Kier alpha value is -3.54. The number of ether oxygens (including phenoxy) is 1. The number of thioether (sulfide) groups is 1. The number of nitro groups is 1. The highest BCUT2D eigenvalue weighted by Crippen LogP contribution is 2.32. The van der Waals surface area contributed by atoms with Crippen molar-refractivity contribution in [3.63, 3.8) is 0 Å². The van der Waals surface area contributed by atoms with Gasteiger partial charge < -0.3 is 10.1 Å². The number of fused-ring (bicyclic) bond motifs is 1. The predicted octanol–water partition coefficient (Wildman–Crippen LogP) is 4.41. The first-order valence-electron chi connectivity index (χ1n) is 10.2. The summed E-state index contributed by atoms with van der Waals surface area (Å²) in [6, 6.07) is 17.5. The molecule has 0 aliphatic carbocycles. The summed E-state index contributed by atoms with van der Waals surface area (Å²) in [5.41, 5.74) is 0.710. The van der Waals surface area contributed by atoms with Crippen LogP contribution in [0.3, 0.4) is 0 Å². The standard InChI is InChI=1S/C23H20N4O5S2/c1-32-12-11-26-22(29)16-13-19(15-7-3-2-4-8-15)34-21(16)25-23(26)33-14-20(28)24-17-9-5-6-10-18(17)27(30)31/h2-10,13H,11-12,14H2,1H3,(H,24,28). The molecule has 0 unspecified atom stereocenters. The van der Waals surface area contributed by atoms with Gasteiger partial charge in [0, 0.05) is 18.1 Å². The Labute approximate surface area is 202 Å². The fourth-order valence-electron chi connectivity index (χ4n) is 3.29. The van der Waals surface area contributed by atoms with Crippen molar-refractivity contribution in [3.05, 3.63) is 81.1 Å². The molecule has 0 aliphatic rings. The van der Waals surface area contributed by atoms with E-state index in [0.29, 0.717) is 22.0 Å². The van der Waals surface area contributed by atoms with E-state index in [2.05, 4.69) is 10.3 Å². The molecule has 0 spiro atoms. The van der Waals surface area contributed by atoms with Crippen LogP contribution in [-0.2, 0) is 16.1 Å². The fraction of sp³-hybridized carbons (Fsp3) is 0.174. The molecule has 2 heterocycles. The summed E-state index contributed by atoms with van der Waals surface area (Å²) in [6.45, 7) is 0.585. The molecular weight excluding hydrogens is 476 g/mol. The van der Waals surface area contributed by atoms with E-state index in [-0.39, 0.29) is 29.2 Å². The minimum atomic E-state index is -0.554. The zero-order chi connectivity index (χ0) is 24.1. The number of benzene rings is 2. The van der Waals surface area contributed by atoms with E-state index < -0.39 is 10.8 Å². The molecule has 4 aromatic rings. The highest BCUT2D eigenvalue weighted by molar-refractivity contribution is 7.99. The van der Waals surface area contributed by atoms with Gasteiger partial charge in [0.25, 0.3) is 11.2 Å². The van der Waals surface area contributed by atoms with Crippen molar-refractivity contribution in [2.75, 3.05) is 24.8 Å². The lowest BCUT2D eigenvalue weighted by atomic mass is 10.2. The Bertz CT molecular complexity index is 1400. The van der Waals surface area contributed by atoms with Crippen LogP contribution in [0.2, 0.25) is 0 Å². The molecule has 2 aromatic heterocycles. The molecule has 9 nitrogen and oxygen atoms in total. The van der Waals surface area contributed by atoms with Crippen LogP contribution in [0.5, 0.6) is 0 Å². The Balaban J connectivity index is 1.61. The lowest BCUT2D eigenvalue weighted by Crippen LogP contribution is -2.25. The van der Waals surface area contributed by atoms with Crippen LogP contribution in [-0.4, -0.2) is 39.9 Å². The smallest absolute Gasteiger partial charge is 0.292 e. The highest BCUT2D eigenvalue weighted by atomic mass is 32.2. The average Bonchev–Trinajstić information content (AvgIpc) is 3.28. The van der Waals surface area contributed by atoms with Gasteiger partial charge in [0.05, 0.1) is 29.2 Å². The molecule has 0 fully saturated rings. The van der Waals surface area contributed by atoms with E-state index in [9.17, 15) is 19.7 Å². The number of carbonyl (C=O) groups is 1. The third-order valence-electron chi connectivity index (χ3n) is 4.90. The summed E-state index contributed by atoms with van der Waals surface area (Å²) in [5, 5.41) is 14.6. The molecule has 174 valence electrons. The minimum Gasteiger partial charge on any atom is -0.383 e. The Morgan fingerprint density at radius 2 is 1.94 bits per heavy atom. The number of para-hydroxylation sites is 2. The molecule has 0 saturated heterocycles. The highest BCUT2D eigenvalue weighted by Gasteiger charge is 2.18. The van der Waals surface area contributed by atoms with Gasteiger partial charge in [0.2, 0.25) is 5.91 Å². The van der Waals surface area contributed by atoms with Crippen molar-refractivity contribution in [1.82, 2.24) is 9.55 Å². The number of nitro benzene ring substituents is 1. The molecule has 0 aliphatic heterocycles. The van der Waals surface area contributed by atoms with E-state index in [1.807, 2.05) is 36.4 Å². The van der Waals surface area contributed by atoms with E-state index in [4.69, 9.17) is 4.74 Å². The van der Waals surface area contributed by atoms with Crippen LogP contribution in [0.25, 0.3) is 20.7 Å². The van der Waals surface area contributed by atoms with E-state index >= 15 is 0 Å². The van der Waals surface area contributed by atoms with Gasteiger partial charge >= 0.3 is 0 Å². The van der Waals surface area contributed by atoms with Crippen molar-refractivity contribution >= 4 is 50.6 Å². The number of anilines is 1. The average molecular weight is 497 g/mol. The summed E-state index contributed by atoms with van der Waals surface area (Å²) >= 11 is 2.50. The van der Waals surface area contributed by atoms with Gasteiger partial charge in [-0.05, 0) is 17.7 Å². The number of nitrogens with one attached hydrogen (secondary N) is 1. The van der Waals surface area contributed by atoms with Gasteiger partial charge in [-0.25, -0.2) is 4.98 Å². The molecule has 2 aromatic carbocycles. The van der Waals surface area contributed by atoms with Crippen molar-refractivity contribution in [1.29, 1.82) is 0 Å². The van der Waals surface area contributed by atoms with Gasteiger partial charge in [-0.3, -0.25) is 24.3 Å². The summed E-state index contributed by atoms with van der Waals surface area (Å²) in [5.74, 6) is -0.517. The van der Waals surface area contributed by atoms with Crippen molar-refractivity contribution in [2.45, 2.75) is 11.7 Å². The molecule has 0 atom stereocenters. The van der Waals surface area contributed by atoms with Crippen LogP contribution in [0, 0.1) is 10.1 Å². The number of methoxy groups -OCH3 is 1. The van der Waals surface area contributed by atoms with Crippen LogP contribution < -0.4 is 10.9 Å². The molecule has 4 rings (SSSR count). The van der Waals surface area contributed by atoms with Gasteiger partial charge in [0.15, 0.2) is 5.16 Å². The van der Waals surface area contributed by atoms with E-state index in [0.717, 1.165) is 22.2 Å². The zero-order valence-corrected chi connectivity index (χ0v) is 19.7. The number of thiophene rings is 1. The third kappa shape index (κ3) is 5.16. The van der Waals surface area contributed by atoms with Crippen molar-refractivity contribution < 1.29 is 14.5 Å². The zero-order valence-electron chi connectivity index (χ0n) is 18.1. The molecule has 1 amide bonds. The Morgan fingerprint density at radius 3 is 2.68 bits per heavy atom.